The minimum Gasteiger partial charge on any atom is -0.305 e. The van der Waals surface area contributed by atoms with Crippen LogP contribution in [0.5, 0.6) is 0 Å². The van der Waals surface area contributed by atoms with E-state index in [4.69, 9.17) is 0 Å². The molecule has 1 aliphatic rings. The molecule has 4 rings (SSSR count). The van der Waals surface area contributed by atoms with Crippen LogP contribution in [0.4, 0.5) is 11.4 Å². The zero-order valence-corrected chi connectivity index (χ0v) is 17.8. The Kier molecular flexibility index (Phi) is 5.35. The van der Waals surface area contributed by atoms with E-state index in [-0.39, 0.29) is 16.8 Å². The molecule has 1 N–H and O–H groups in total. The van der Waals surface area contributed by atoms with Crippen LogP contribution in [0.1, 0.15) is 35.3 Å². The van der Waals surface area contributed by atoms with E-state index in [1.165, 1.54) is 0 Å². The van der Waals surface area contributed by atoms with Crippen LogP contribution in [0.2, 0.25) is 0 Å². The lowest BCUT2D eigenvalue weighted by molar-refractivity contribution is 0.0981. The van der Waals surface area contributed by atoms with E-state index in [1.54, 1.807) is 47.4 Å². The number of nitrogens with zero attached hydrogens (tertiary/aromatic N) is 1. The first-order valence-electron chi connectivity index (χ1n) is 10.0. The van der Waals surface area contributed by atoms with Gasteiger partial charge < -0.3 is 4.90 Å². The van der Waals surface area contributed by atoms with Crippen LogP contribution in [0, 0.1) is 0 Å². The molecule has 0 radical (unpaired) electrons. The molecular weight excluding hydrogens is 396 g/mol. The number of fused-ring (bicyclic) bond motifs is 1. The zero-order chi connectivity index (χ0) is 21.3. The predicted octanol–water partition coefficient (Wildman–Crippen LogP) is 4.64. The van der Waals surface area contributed by atoms with Crippen molar-refractivity contribution < 1.29 is 13.2 Å². The Labute approximate surface area is 177 Å². The highest BCUT2D eigenvalue weighted by Gasteiger charge is 2.32. The Hall–Kier alpha value is -3.12. The van der Waals surface area contributed by atoms with Crippen molar-refractivity contribution in [2.45, 2.75) is 37.6 Å². The van der Waals surface area contributed by atoms with Gasteiger partial charge in [-0.25, -0.2) is 8.42 Å². The Morgan fingerprint density at radius 2 is 1.73 bits per heavy atom. The van der Waals surface area contributed by atoms with Crippen LogP contribution in [0.25, 0.3) is 0 Å². The summed E-state index contributed by atoms with van der Waals surface area (Å²) in [6, 6.07) is 21.4. The maximum absolute atomic E-state index is 13.0. The van der Waals surface area contributed by atoms with Crippen LogP contribution in [0.3, 0.4) is 0 Å². The van der Waals surface area contributed by atoms with Crippen molar-refractivity contribution in [3.8, 4) is 0 Å². The van der Waals surface area contributed by atoms with E-state index in [1.807, 2.05) is 37.3 Å². The van der Waals surface area contributed by atoms with Gasteiger partial charge in [-0.3, -0.25) is 9.52 Å². The Balaban J connectivity index is 1.61. The van der Waals surface area contributed by atoms with E-state index in [9.17, 15) is 13.2 Å². The normalized spacial score (nSPS) is 15.7. The highest BCUT2D eigenvalue weighted by atomic mass is 32.2. The molecule has 0 fully saturated rings. The average Bonchev–Trinajstić information content (AvgIpc) is 3.09. The third-order valence-electron chi connectivity index (χ3n) is 5.43. The summed E-state index contributed by atoms with van der Waals surface area (Å²) < 4.78 is 28.4. The Morgan fingerprint density at radius 3 is 2.40 bits per heavy atom. The molecule has 0 unspecified atom stereocenters. The second-order valence-electron chi connectivity index (χ2n) is 7.54. The number of rotatable bonds is 5. The number of carbonyl (C=O) groups excluding carboxylic acids is 1. The molecule has 1 heterocycles. The smallest absolute Gasteiger partial charge is 0.261 e. The van der Waals surface area contributed by atoms with E-state index in [2.05, 4.69) is 11.6 Å². The molecule has 0 saturated heterocycles. The van der Waals surface area contributed by atoms with Gasteiger partial charge in [0, 0.05) is 23.0 Å². The molecule has 154 valence electrons. The minimum atomic E-state index is -3.72. The first-order chi connectivity index (χ1) is 14.4. The number of nitrogens with one attached hydrogen (secondary N) is 1. The van der Waals surface area contributed by atoms with E-state index < -0.39 is 10.0 Å². The number of sulfonamides is 1. The number of aryl methyl sites for hydroxylation is 1. The first-order valence-corrected chi connectivity index (χ1v) is 11.5. The quantitative estimate of drug-likeness (QED) is 0.654. The second-order valence-corrected chi connectivity index (χ2v) is 9.22. The second kappa shape index (κ2) is 7.95. The summed E-state index contributed by atoms with van der Waals surface area (Å²) in [5.41, 5.74) is 3.92. The highest BCUT2D eigenvalue weighted by Crippen LogP contribution is 2.35. The van der Waals surface area contributed by atoms with Crippen molar-refractivity contribution in [1.29, 1.82) is 0 Å². The van der Waals surface area contributed by atoms with Gasteiger partial charge in [0.25, 0.3) is 15.9 Å². The number of hydrogen-bond acceptors (Lipinski definition) is 3. The fourth-order valence-electron chi connectivity index (χ4n) is 3.83. The van der Waals surface area contributed by atoms with Crippen molar-refractivity contribution in [2.24, 2.45) is 0 Å². The topological polar surface area (TPSA) is 66.5 Å². The number of hydrogen-bond donors (Lipinski definition) is 1. The van der Waals surface area contributed by atoms with Gasteiger partial charge in [0.05, 0.1) is 4.90 Å². The van der Waals surface area contributed by atoms with Crippen molar-refractivity contribution in [3.05, 3.63) is 89.5 Å². The fourth-order valence-corrected chi connectivity index (χ4v) is 4.94. The molecule has 6 heteroatoms. The standard InChI is InChI=1S/C24H24N2O3S/c1-3-18-9-11-21(12-10-18)25-30(28,29)22-13-14-23-20(16-22)15-17(2)26(23)24(27)19-7-5-4-6-8-19/h4-14,16-17,25H,3,15H2,1-2H3/t17-/m1/s1. The SMILES string of the molecule is CCc1ccc(NS(=O)(=O)c2ccc3c(c2)C[C@@H](C)N3C(=O)c2ccccc2)cc1. The summed E-state index contributed by atoms with van der Waals surface area (Å²) in [6.07, 6.45) is 1.51. The van der Waals surface area contributed by atoms with Gasteiger partial charge in [-0.15, -0.1) is 0 Å². The van der Waals surface area contributed by atoms with Gasteiger partial charge in [-0.05, 0) is 73.4 Å². The monoisotopic (exact) mass is 420 g/mol. The molecule has 0 aromatic heterocycles. The van der Waals surface area contributed by atoms with Gasteiger partial charge >= 0.3 is 0 Å². The maximum atomic E-state index is 13.0. The number of anilines is 2. The number of carbonyl (C=O) groups is 1. The number of benzene rings is 3. The summed E-state index contributed by atoms with van der Waals surface area (Å²) in [7, 11) is -3.72. The molecule has 3 aromatic carbocycles. The predicted molar refractivity (Wildman–Crippen MR) is 119 cm³/mol. The summed E-state index contributed by atoms with van der Waals surface area (Å²) in [5.74, 6) is -0.0772. The lowest BCUT2D eigenvalue weighted by Crippen LogP contribution is -2.35. The minimum absolute atomic E-state index is 0.0415. The zero-order valence-electron chi connectivity index (χ0n) is 17.0. The lowest BCUT2D eigenvalue weighted by Gasteiger charge is -2.23. The Morgan fingerprint density at radius 1 is 1.03 bits per heavy atom. The van der Waals surface area contributed by atoms with E-state index in [0.29, 0.717) is 17.7 Å². The first kappa shape index (κ1) is 20.2. The van der Waals surface area contributed by atoms with Gasteiger partial charge in [0.15, 0.2) is 0 Å². The average molecular weight is 421 g/mol. The molecule has 0 bridgehead atoms. The molecule has 1 atom stereocenters. The molecule has 1 aliphatic heterocycles. The summed E-state index contributed by atoms with van der Waals surface area (Å²) >= 11 is 0. The molecule has 0 aliphatic carbocycles. The van der Waals surface area contributed by atoms with Crippen molar-refractivity contribution in [2.75, 3.05) is 9.62 Å². The third-order valence-corrected chi connectivity index (χ3v) is 6.81. The van der Waals surface area contributed by atoms with Crippen molar-refractivity contribution in [1.82, 2.24) is 0 Å². The molecular formula is C24H24N2O3S. The molecule has 0 spiro atoms. The third kappa shape index (κ3) is 3.83. The van der Waals surface area contributed by atoms with Crippen LogP contribution >= 0.6 is 0 Å². The number of amides is 1. The van der Waals surface area contributed by atoms with Crippen LogP contribution in [0.15, 0.2) is 77.7 Å². The maximum Gasteiger partial charge on any atom is 0.261 e. The van der Waals surface area contributed by atoms with Gasteiger partial charge in [0.2, 0.25) is 0 Å². The van der Waals surface area contributed by atoms with E-state index >= 15 is 0 Å². The van der Waals surface area contributed by atoms with Crippen molar-refractivity contribution >= 4 is 27.3 Å². The fraction of sp³-hybridized carbons (Fsp3) is 0.208. The lowest BCUT2D eigenvalue weighted by atomic mass is 10.1. The van der Waals surface area contributed by atoms with Gasteiger partial charge in [-0.2, -0.15) is 0 Å². The summed E-state index contributed by atoms with van der Waals surface area (Å²) in [4.78, 5) is 14.9. The summed E-state index contributed by atoms with van der Waals surface area (Å²) in [5, 5.41) is 0. The summed E-state index contributed by atoms with van der Waals surface area (Å²) in [6.45, 7) is 4.03. The molecule has 30 heavy (non-hydrogen) atoms. The van der Waals surface area contributed by atoms with Crippen LogP contribution in [-0.2, 0) is 22.9 Å². The molecule has 0 saturated carbocycles. The van der Waals surface area contributed by atoms with Gasteiger partial charge in [0.1, 0.15) is 0 Å². The van der Waals surface area contributed by atoms with Crippen LogP contribution in [-0.4, -0.2) is 20.4 Å². The Bertz CT molecular complexity index is 1170. The largest absolute Gasteiger partial charge is 0.305 e. The molecule has 1 amide bonds. The molecule has 3 aromatic rings. The van der Waals surface area contributed by atoms with Gasteiger partial charge in [-0.1, -0.05) is 37.3 Å². The van der Waals surface area contributed by atoms with Crippen molar-refractivity contribution in [3.63, 3.8) is 0 Å². The highest BCUT2D eigenvalue weighted by molar-refractivity contribution is 7.92. The van der Waals surface area contributed by atoms with Crippen LogP contribution < -0.4 is 9.62 Å². The molecule has 5 nitrogen and oxygen atoms in total. The van der Waals surface area contributed by atoms with E-state index in [0.717, 1.165) is 23.2 Å².